The fourth-order valence-corrected chi connectivity index (χ4v) is 2.58. The van der Waals surface area contributed by atoms with Crippen molar-refractivity contribution >= 4 is 11.6 Å². The highest BCUT2D eigenvalue weighted by atomic mass is 19.1. The number of halogens is 1. The highest BCUT2D eigenvalue weighted by Gasteiger charge is 2.30. The molecule has 1 atom stereocenters. The zero-order valence-electron chi connectivity index (χ0n) is 12.1. The normalized spacial score (nSPS) is 19.6. The van der Waals surface area contributed by atoms with Crippen LogP contribution in [0.15, 0.2) is 18.2 Å². The van der Waals surface area contributed by atoms with Crippen LogP contribution in [0.1, 0.15) is 23.7 Å². The Balaban J connectivity index is 2.28. The number of amides is 1. The lowest BCUT2D eigenvalue weighted by molar-refractivity contribution is -0.385. The van der Waals surface area contributed by atoms with E-state index in [1.54, 1.807) is 4.90 Å². The van der Waals surface area contributed by atoms with E-state index in [0.717, 1.165) is 24.6 Å². The minimum absolute atomic E-state index is 0.181. The number of nitrogens with zero attached hydrogens (tertiary/aromatic N) is 3. The Morgan fingerprint density at radius 3 is 2.81 bits per heavy atom. The van der Waals surface area contributed by atoms with E-state index in [4.69, 9.17) is 0 Å². The molecule has 1 saturated heterocycles. The summed E-state index contributed by atoms with van der Waals surface area (Å²) in [5, 5.41) is 11.0. The summed E-state index contributed by atoms with van der Waals surface area (Å²) < 4.78 is 13.3. The van der Waals surface area contributed by atoms with Crippen LogP contribution < -0.4 is 0 Å². The number of likely N-dealkylation sites (N-methyl/N-ethyl adjacent to an activating group) is 1. The van der Waals surface area contributed by atoms with E-state index in [1.165, 1.54) is 0 Å². The first-order valence-corrected chi connectivity index (χ1v) is 6.87. The van der Waals surface area contributed by atoms with Crippen molar-refractivity contribution in [2.24, 2.45) is 0 Å². The fourth-order valence-electron chi connectivity index (χ4n) is 2.58. The van der Waals surface area contributed by atoms with Crippen molar-refractivity contribution in [3.63, 3.8) is 0 Å². The van der Waals surface area contributed by atoms with E-state index in [9.17, 15) is 19.3 Å². The molecule has 6 nitrogen and oxygen atoms in total. The molecule has 1 amide bonds. The molecular weight excluding hydrogens is 277 g/mol. The van der Waals surface area contributed by atoms with Crippen molar-refractivity contribution in [1.29, 1.82) is 0 Å². The molecular formula is C14H18FN3O3. The van der Waals surface area contributed by atoms with Crippen LogP contribution in [0.25, 0.3) is 0 Å². The third-order valence-corrected chi connectivity index (χ3v) is 3.92. The molecule has 1 heterocycles. The summed E-state index contributed by atoms with van der Waals surface area (Å²) in [5.74, 6) is -1.13. The predicted octanol–water partition coefficient (Wildman–Crippen LogP) is 1.90. The number of piperazine rings is 1. The fraction of sp³-hybridized carbons (Fsp3) is 0.500. The zero-order chi connectivity index (χ0) is 15.6. The first-order valence-electron chi connectivity index (χ1n) is 6.87. The lowest BCUT2D eigenvalue weighted by Gasteiger charge is -2.39. The molecule has 1 aromatic rings. The van der Waals surface area contributed by atoms with E-state index in [2.05, 4.69) is 4.90 Å². The maximum Gasteiger partial charge on any atom is 0.282 e. The Morgan fingerprint density at radius 2 is 2.19 bits per heavy atom. The molecule has 0 aliphatic carbocycles. The Morgan fingerprint density at radius 1 is 1.48 bits per heavy atom. The Kier molecular flexibility index (Phi) is 4.52. The largest absolute Gasteiger partial charge is 0.336 e. The van der Waals surface area contributed by atoms with Gasteiger partial charge in [-0.25, -0.2) is 4.39 Å². The average Bonchev–Trinajstić information content (AvgIpc) is 2.46. The molecule has 0 aromatic heterocycles. The second-order valence-electron chi connectivity index (χ2n) is 5.21. The van der Waals surface area contributed by atoms with Crippen LogP contribution in [-0.2, 0) is 0 Å². The minimum atomic E-state index is -0.653. The van der Waals surface area contributed by atoms with Crippen LogP contribution in [0.2, 0.25) is 0 Å². The van der Waals surface area contributed by atoms with Crippen LogP contribution in [0, 0.1) is 15.9 Å². The van der Waals surface area contributed by atoms with Crippen LogP contribution in [0.4, 0.5) is 10.1 Å². The van der Waals surface area contributed by atoms with Gasteiger partial charge in [-0.05, 0) is 25.6 Å². The number of hydrogen-bond donors (Lipinski definition) is 0. The van der Waals surface area contributed by atoms with Gasteiger partial charge < -0.3 is 4.90 Å². The van der Waals surface area contributed by atoms with Crippen molar-refractivity contribution in [1.82, 2.24) is 9.80 Å². The van der Waals surface area contributed by atoms with Crippen molar-refractivity contribution in [2.75, 3.05) is 26.7 Å². The number of nitro groups is 1. The van der Waals surface area contributed by atoms with Gasteiger partial charge in [0.25, 0.3) is 11.6 Å². The highest BCUT2D eigenvalue weighted by molar-refractivity contribution is 5.98. The molecule has 1 unspecified atom stereocenters. The predicted molar refractivity (Wildman–Crippen MR) is 75.7 cm³/mol. The van der Waals surface area contributed by atoms with Gasteiger partial charge in [0.2, 0.25) is 0 Å². The number of benzene rings is 1. The lowest BCUT2D eigenvalue weighted by atomic mass is 10.1. The van der Waals surface area contributed by atoms with Crippen LogP contribution in [-0.4, -0.2) is 53.4 Å². The van der Waals surface area contributed by atoms with E-state index in [0.29, 0.717) is 19.6 Å². The average molecular weight is 295 g/mol. The van der Waals surface area contributed by atoms with Crippen LogP contribution >= 0.6 is 0 Å². The smallest absolute Gasteiger partial charge is 0.282 e. The monoisotopic (exact) mass is 295 g/mol. The Hall–Kier alpha value is -2.02. The van der Waals surface area contributed by atoms with Gasteiger partial charge >= 0.3 is 0 Å². The summed E-state index contributed by atoms with van der Waals surface area (Å²) in [6.07, 6.45) is 0.880. The number of rotatable bonds is 3. The van der Waals surface area contributed by atoms with Crippen LogP contribution in [0.5, 0.6) is 0 Å². The van der Waals surface area contributed by atoms with E-state index < -0.39 is 16.6 Å². The Labute approximate surface area is 122 Å². The molecule has 0 spiro atoms. The molecule has 0 bridgehead atoms. The topological polar surface area (TPSA) is 66.7 Å². The summed E-state index contributed by atoms with van der Waals surface area (Å²) in [6, 6.07) is 3.19. The molecule has 1 aliphatic rings. The first kappa shape index (κ1) is 15.4. The number of carbonyl (C=O) groups excluding carboxylic acids is 1. The minimum Gasteiger partial charge on any atom is -0.336 e. The summed E-state index contributed by atoms with van der Waals surface area (Å²) in [4.78, 5) is 26.5. The summed E-state index contributed by atoms with van der Waals surface area (Å²) in [7, 11) is 1.99. The standard InChI is InChI=1S/C14H18FN3O3/c1-3-11-9-17(7-6-16(11)2)14(19)12-8-10(15)4-5-13(12)18(20)21/h4-5,8,11H,3,6-7,9H2,1-2H3. The van der Waals surface area contributed by atoms with E-state index in [-0.39, 0.29) is 17.3 Å². The van der Waals surface area contributed by atoms with Crippen molar-refractivity contribution in [3.8, 4) is 0 Å². The summed E-state index contributed by atoms with van der Waals surface area (Å²) in [5.41, 5.74) is -0.534. The van der Waals surface area contributed by atoms with Gasteiger partial charge in [-0.2, -0.15) is 0 Å². The van der Waals surface area contributed by atoms with Crippen molar-refractivity contribution in [2.45, 2.75) is 19.4 Å². The molecule has 0 saturated carbocycles. The molecule has 0 N–H and O–H groups in total. The number of nitro benzene ring substituents is 1. The molecule has 21 heavy (non-hydrogen) atoms. The molecule has 2 rings (SSSR count). The highest BCUT2D eigenvalue weighted by Crippen LogP contribution is 2.23. The second-order valence-corrected chi connectivity index (χ2v) is 5.21. The first-order chi connectivity index (χ1) is 9.93. The van der Waals surface area contributed by atoms with Gasteiger partial charge in [-0.3, -0.25) is 19.8 Å². The maximum atomic E-state index is 13.3. The summed E-state index contributed by atoms with van der Waals surface area (Å²) >= 11 is 0. The third kappa shape index (κ3) is 3.18. The molecule has 0 radical (unpaired) electrons. The lowest BCUT2D eigenvalue weighted by Crippen LogP contribution is -2.53. The Bertz CT molecular complexity index is 564. The van der Waals surface area contributed by atoms with Gasteiger partial charge in [0, 0.05) is 31.7 Å². The van der Waals surface area contributed by atoms with E-state index >= 15 is 0 Å². The molecule has 7 heteroatoms. The van der Waals surface area contributed by atoms with Gasteiger partial charge in [-0.1, -0.05) is 6.92 Å². The molecule has 114 valence electrons. The van der Waals surface area contributed by atoms with E-state index in [1.807, 2.05) is 14.0 Å². The molecule has 1 aliphatic heterocycles. The van der Waals surface area contributed by atoms with Gasteiger partial charge in [0.05, 0.1) is 4.92 Å². The number of carbonyl (C=O) groups is 1. The number of hydrogen-bond acceptors (Lipinski definition) is 4. The maximum absolute atomic E-state index is 13.3. The third-order valence-electron chi connectivity index (χ3n) is 3.92. The second kappa shape index (κ2) is 6.17. The van der Waals surface area contributed by atoms with Crippen molar-refractivity contribution < 1.29 is 14.1 Å². The summed E-state index contributed by atoms with van der Waals surface area (Å²) in [6.45, 7) is 3.71. The van der Waals surface area contributed by atoms with Crippen molar-refractivity contribution in [3.05, 3.63) is 39.7 Å². The van der Waals surface area contributed by atoms with Gasteiger partial charge in [0.1, 0.15) is 11.4 Å². The zero-order valence-corrected chi connectivity index (χ0v) is 12.1. The van der Waals surface area contributed by atoms with Gasteiger partial charge in [0.15, 0.2) is 0 Å². The van der Waals surface area contributed by atoms with Gasteiger partial charge in [-0.15, -0.1) is 0 Å². The van der Waals surface area contributed by atoms with Crippen LogP contribution in [0.3, 0.4) is 0 Å². The quantitative estimate of drug-likeness (QED) is 0.631. The SMILES string of the molecule is CCC1CN(C(=O)c2cc(F)ccc2[N+](=O)[O-])CCN1C. The molecule has 1 fully saturated rings. The molecule has 1 aromatic carbocycles.